The van der Waals surface area contributed by atoms with Gasteiger partial charge in [-0.2, -0.15) is 0 Å². The predicted molar refractivity (Wildman–Crippen MR) is 210 cm³/mol. The van der Waals surface area contributed by atoms with Crippen LogP contribution in [0.1, 0.15) is 0 Å². The SMILES string of the molecule is c1cc(-c2ccc3ccccc3c2)cc(-c2c3ccccc3c(-c3cc4c5ccccc5oc4c4oc5ccccc5c34)c3ccccc23)c1. The van der Waals surface area contributed by atoms with Crippen molar-refractivity contribution in [3.63, 3.8) is 0 Å². The number of hydrogen-bond acceptors (Lipinski definition) is 2. The van der Waals surface area contributed by atoms with Crippen LogP contribution in [0.25, 0.3) is 110 Å². The fourth-order valence-corrected chi connectivity index (χ4v) is 8.22. The van der Waals surface area contributed by atoms with Crippen molar-refractivity contribution >= 4 is 76.2 Å². The molecule has 0 radical (unpaired) electrons. The second-order valence-corrected chi connectivity index (χ2v) is 13.2. The Morgan fingerprint density at radius 3 is 1.58 bits per heavy atom. The fraction of sp³-hybridized carbons (Fsp3) is 0. The topological polar surface area (TPSA) is 26.3 Å². The molecule has 0 spiro atoms. The van der Waals surface area contributed by atoms with Crippen molar-refractivity contribution in [3.8, 4) is 33.4 Å². The van der Waals surface area contributed by atoms with Gasteiger partial charge < -0.3 is 8.83 Å². The summed E-state index contributed by atoms with van der Waals surface area (Å²) in [7, 11) is 0. The normalized spacial score (nSPS) is 12.0. The van der Waals surface area contributed by atoms with Crippen molar-refractivity contribution in [2.45, 2.75) is 0 Å². The van der Waals surface area contributed by atoms with Crippen LogP contribution in [0.15, 0.2) is 179 Å². The van der Waals surface area contributed by atoms with E-state index in [9.17, 15) is 0 Å². The third kappa shape index (κ3) is 3.90. The van der Waals surface area contributed by atoms with E-state index in [2.05, 4.69) is 152 Å². The molecule has 0 fully saturated rings. The Labute approximate surface area is 287 Å². The first-order valence-electron chi connectivity index (χ1n) is 17.1. The molecule has 2 aromatic heterocycles. The largest absolute Gasteiger partial charge is 0.452 e. The van der Waals surface area contributed by atoms with E-state index in [1.807, 2.05) is 18.2 Å². The van der Waals surface area contributed by atoms with Crippen molar-refractivity contribution in [3.05, 3.63) is 170 Å². The lowest BCUT2D eigenvalue weighted by molar-refractivity contribution is 0.633. The smallest absolute Gasteiger partial charge is 0.179 e. The van der Waals surface area contributed by atoms with Crippen LogP contribution in [0.5, 0.6) is 0 Å². The van der Waals surface area contributed by atoms with Crippen molar-refractivity contribution in [2.24, 2.45) is 0 Å². The van der Waals surface area contributed by atoms with Gasteiger partial charge in [0.2, 0.25) is 0 Å². The minimum absolute atomic E-state index is 0.787. The number of hydrogen-bond donors (Lipinski definition) is 0. The molecule has 0 aliphatic rings. The number of para-hydroxylation sites is 2. The minimum atomic E-state index is 0.787. The first kappa shape index (κ1) is 27.3. The molecule has 0 saturated carbocycles. The highest BCUT2D eigenvalue weighted by Crippen LogP contribution is 2.50. The molecule has 0 saturated heterocycles. The third-order valence-electron chi connectivity index (χ3n) is 10.4. The van der Waals surface area contributed by atoms with Crippen molar-refractivity contribution in [1.29, 1.82) is 0 Å². The van der Waals surface area contributed by atoms with E-state index >= 15 is 0 Å². The summed E-state index contributed by atoms with van der Waals surface area (Å²) in [6.45, 7) is 0. The quantitative estimate of drug-likeness (QED) is 0.180. The van der Waals surface area contributed by atoms with Gasteiger partial charge in [-0.3, -0.25) is 0 Å². The van der Waals surface area contributed by atoms with Gasteiger partial charge in [0.1, 0.15) is 11.2 Å². The van der Waals surface area contributed by atoms with Crippen LogP contribution >= 0.6 is 0 Å². The van der Waals surface area contributed by atoms with Crippen LogP contribution in [0.4, 0.5) is 0 Å². The lowest BCUT2D eigenvalue weighted by Gasteiger charge is -2.19. The van der Waals surface area contributed by atoms with Gasteiger partial charge in [-0.1, -0.05) is 140 Å². The van der Waals surface area contributed by atoms with Crippen LogP contribution in [-0.4, -0.2) is 0 Å². The van der Waals surface area contributed by atoms with Gasteiger partial charge in [0.25, 0.3) is 0 Å². The summed E-state index contributed by atoms with van der Waals surface area (Å²) < 4.78 is 13.2. The molecule has 0 atom stereocenters. The van der Waals surface area contributed by atoms with E-state index in [1.165, 1.54) is 60.1 Å². The summed E-state index contributed by atoms with van der Waals surface area (Å²) in [6, 6.07) is 61.0. The molecule has 232 valence electrons. The van der Waals surface area contributed by atoms with E-state index in [4.69, 9.17) is 8.83 Å². The summed E-state index contributed by atoms with van der Waals surface area (Å²) in [5.41, 5.74) is 10.5. The van der Waals surface area contributed by atoms with E-state index in [1.54, 1.807) is 0 Å². The highest BCUT2D eigenvalue weighted by molar-refractivity contribution is 6.29. The van der Waals surface area contributed by atoms with E-state index in [0.717, 1.165) is 49.4 Å². The molecule has 2 heterocycles. The number of furan rings is 2. The van der Waals surface area contributed by atoms with Gasteiger partial charge in [0.15, 0.2) is 11.2 Å². The van der Waals surface area contributed by atoms with Crippen molar-refractivity contribution in [1.82, 2.24) is 0 Å². The fourth-order valence-electron chi connectivity index (χ4n) is 8.22. The molecular formula is C48H28O2. The average molecular weight is 637 g/mol. The van der Waals surface area contributed by atoms with Gasteiger partial charge in [0.05, 0.1) is 0 Å². The number of benzene rings is 9. The van der Waals surface area contributed by atoms with Crippen LogP contribution in [-0.2, 0) is 0 Å². The molecule has 9 aromatic carbocycles. The zero-order chi connectivity index (χ0) is 32.8. The Morgan fingerprint density at radius 2 is 0.840 bits per heavy atom. The van der Waals surface area contributed by atoms with Crippen LogP contribution in [0.2, 0.25) is 0 Å². The first-order chi connectivity index (χ1) is 24.8. The Hall–Kier alpha value is -6.64. The monoisotopic (exact) mass is 636 g/mol. The van der Waals surface area contributed by atoms with Crippen molar-refractivity contribution < 1.29 is 8.83 Å². The summed E-state index contributed by atoms with van der Waals surface area (Å²) in [5.74, 6) is 0. The summed E-state index contributed by atoms with van der Waals surface area (Å²) in [4.78, 5) is 0. The average Bonchev–Trinajstić information content (AvgIpc) is 3.76. The molecule has 2 nitrogen and oxygen atoms in total. The Morgan fingerprint density at radius 1 is 0.300 bits per heavy atom. The maximum atomic E-state index is 6.66. The molecule has 11 aromatic rings. The van der Waals surface area contributed by atoms with Crippen molar-refractivity contribution in [2.75, 3.05) is 0 Å². The second-order valence-electron chi connectivity index (χ2n) is 13.2. The molecule has 0 unspecified atom stereocenters. The lowest BCUT2D eigenvalue weighted by atomic mass is 9.84. The van der Waals surface area contributed by atoms with Crippen LogP contribution < -0.4 is 0 Å². The van der Waals surface area contributed by atoms with Gasteiger partial charge in [0, 0.05) is 21.5 Å². The zero-order valence-corrected chi connectivity index (χ0v) is 27.0. The van der Waals surface area contributed by atoms with Crippen LogP contribution in [0.3, 0.4) is 0 Å². The Kier molecular flexibility index (Phi) is 5.70. The molecule has 0 aliphatic carbocycles. The molecule has 0 bridgehead atoms. The van der Waals surface area contributed by atoms with Gasteiger partial charge in [-0.25, -0.2) is 0 Å². The first-order valence-corrected chi connectivity index (χ1v) is 17.1. The van der Waals surface area contributed by atoms with Gasteiger partial charge in [-0.05, 0) is 96.0 Å². The molecule has 50 heavy (non-hydrogen) atoms. The molecule has 0 amide bonds. The summed E-state index contributed by atoms with van der Waals surface area (Å²) >= 11 is 0. The number of rotatable bonds is 3. The molecule has 0 N–H and O–H groups in total. The highest BCUT2D eigenvalue weighted by atomic mass is 16.4. The van der Waals surface area contributed by atoms with Crippen LogP contribution in [0, 0.1) is 0 Å². The highest BCUT2D eigenvalue weighted by Gasteiger charge is 2.24. The predicted octanol–water partition coefficient (Wildman–Crippen LogP) is 13.9. The van der Waals surface area contributed by atoms with E-state index < -0.39 is 0 Å². The molecule has 11 rings (SSSR count). The standard InChI is InChI=1S/C48H28O2/c1-2-13-30-26-32(25-24-29(30)12-1)31-14-11-15-33(27-31)44-35-17-3-5-19-37(35)45(38-20-6-4-18-36(38)44)41-28-40-34-16-7-9-22-42(34)49-47(40)48-46(41)39-21-8-10-23-43(39)50-48/h1-28H. The Balaban J connectivity index is 1.24. The summed E-state index contributed by atoms with van der Waals surface area (Å²) in [5, 5.41) is 11.6. The molecular weight excluding hydrogens is 609 g/mol. The second kappa shape index (κ2) is 10.4. The zero-order valence-electron chi connectivity index (χ0n) is 27.0. The number of fused-ring (bicyclic) bond motifs is 10. The van der Waals surface area contributed by atoms with Gasteiger partial charge >= 0.3 is 0 Å². The summed E-state index contributed by atoms with van der Waals surface area (Å²) in [6.07, 6.45) is 0. The van der Waals surface area contributed by atoms with E-state index in [-0.39, 0.29) is 0 Å². The third-order valence-corrected chi connectivity index (χ3v) is 10.4. The minimum Gasteiger partial charge on any atom is -0.452 e. The van der Waals surface area contributed by atoms with Gasteiger partial charge in [-0.15, -0.1) is 0 Å². The molecule has 2 heteroatoms. The Bertz CT molecular complexity index is 3100. The maximum Gasteiger partial charge on any atom is 0.179 e. The molecule has 0 aliphatic heterocycles. The lowest BCUT2D eigenvalue weighted by Crippen LogP contribution is -1.92. The maximum absolute atomic E-state index is 6.66. The van der Waals surface area contributed by atoms with E-state index in [0.29, 0.717) is 0 Å².